The van der Waals surface area contributed by atoms with Crippen LogP contribution in [-0.4, -0.2) is 34.2 Å². The number of amides is 1. The second-order valence-electron chi connectivity index (χ2n) is 8.35. The Hall–Kier alpha value is -3.12. The third kappa shape index (κ3) is 4.02. The molecule has 3 aromatic rings. The molecule has 0 fully saturated rings. The highest BCUT2D eigenvalue weighted by molar-refractivity contribution is 9.10. The predicted octanol–water partition coefficient (Wildman–Crippen LogP) is 6.06. The molecule has 1 aliphatic carbocycles. The first kappa shape index (κ1) is 22.1. The van der Waals surface area contributed by atoms with Gasteiger partial charge in [0.25, 0.3) is 0 Å². The minimum Gasteiger partial charge on any atom is -0.480 e. The van der Waals surface area contributed by atoms with Gasteiger partial charge in [0, 0.05) is 10.4 Å². The van der Waals surface area contributed by atoms with Gasteiger partial charge in [-0.3, -0.25) is 4.90 Å². The Morgan fingerprint density at radius 2 is 1.47 bits per heavy atom. The molecule has 0 heterocycles. The van der Waals surface area contributed by atoms with Gasteiger partial charge in [-0.1, -0.05) is 82.7 Å². The van der Waals surface area contributed by atoms with Gasteiger partial charge in [-0.25, -0.2) is 9.59 Å². The molecule has 0 radical (unpaired) electrons. The number of rotatable bonds is 6. The average Bonchev–Trinajstić information content (AvgIpc) is 3.10. The maximum atomic E-state index is 13.2. The van der Waals surface area contributed by atoms with E-state index in [1.165, 1.54) is 18.7 Å². The molecule has 0 atom stereocenters. The minimum atomic E-state index is -1.45. The van der Waals surface area contributed by atoms with Gasteiger partial charge in [0.05, 0.1) is 6.54 Å². The van der Waals surface area contributed by atoms with E-state index >= 15 is 0 Å². The molecule has 0 saturated carbocycles. The third-order valence-corrected chi connectivity index (χ3v) is 6.81. The molecule has 0 saturated heterocycles. The number of nitrogens with zero attached hydrogens (tertiary/aromatic N) is 1. The maximum Gasteiger partial charge on any atom is 0.411 e. The van der Waals surface area contributed by atoms with Gasteiger partial charge >= 0.3 is 12.1 Å². The molecule has 1 N–H and O–H groups in total. The molecule has 0 aromatic heterocycles. The minimum absolute atomic E-state index is 0.0930. The Labute approximate surface area is 195 Å². The Kier molecular flexibility index (Phi) is 6.07. The summed E-state index contributed by atoms with van der Waals surface area (Å²) in [6.45, 7) is 3.26. The van der Waals surface area contributed by atoms with Crippen LogP contribution in [0, 0.1) is 0 Å². The van der Waals surface area contributed by atoms with Gasteiger partial charge in [0.15, 0.2) is 0 Å². The van der Waals surface area contributed by atoms with Crippen molar-refractivity contribution in [2.45, 2.75) is 31.8 Å². The summed E-state index contributed by atoms with van der Waals surface area (Å²) in [5.41, 5.74) is 3.85. The molecule has 4 rings (SSSR count). The van der Waals surface area contributed by atoms with E-state index in [1.54, 1.807) is 0 Å². The molecule has 5 nitrogen and oxygen atoms in total. The number of hydrogen-bond acceptors (Lipinski definition) is 3. The van der Waals surface area contributed by atoms with E-state index < -0.39 is 17.6 Å². The van der Waals surface area contributed by atoms with Crippen LogP contribution in [0.3, 0.4) is 0 Å². The highest BCUT2D eigenvalue weighted by Gasteiger charge is 2.40. The monoisotopic (exact) mass is 493 g/mol. The van der Waals surface area contributed by atoms with Gasteiger partial charge < -0.3 is 9.84 Å². The highest BCUT2D eigenvalue weighted by Crippen LogP contribution is 2.44. The van der Waals surface area contributed by atoms with Crippen molar-refractivity contribution in [3.8, 4) is 11.1 Å². The zero-order valence-electron chi connectivity index (χ0n) is 17.9. The van der Waals surface area contributed by atoms with Crippen LogP contribution in [0.15, 0.2) is 77.3 Å². The first-order valence-corrected chi connectivity index (χ1v) is 11.2. The molecular weight excluding hydrogens is 470 g/mol. The fourth-order valence-corrected chi connectivity index (χ4v) is 4.48. The number of benzene rings is 3. The van der Waals surface area contributed by atoms with Gasteiger partial charge in [-0.15, -0.1) is 0 Å². The smallest absolute Gasteiger partial charge is 0.411 e. The number of halogens is 1. The number of hydrogen-bond donors (Lipinski definition) is 1. The maximum absolute atomic E-state index is 13.2. The largest absolute Gasteiger partial charge is 0.480 e. The summed E-state index contributed by atoms with van der Waals surface area (Å²) in [7, 11) is 0. The van der Waals surface area contributed by atoms with Crippen LogP contribution in [0.25, 0.3) is 11.1 Å². The normalized spacial score (nSPS) is 12.7. The number of fused-ring (bicyclic) bond motifs is 3. The first-order valence-electron chi connectivity index (χ1n) is 10.4. The molecule has 1 aliphatic rings. The highest BCUT2D eigenvalue weighted by atomic mass is 79.9. The van der Waals surface area contributed by atoms with Crippen molar-refractivity contribution in [3.63, 3.8) is 0 Å². The fraction of sp³-hybridized carbons (Fsp3) is 0.231. The van der Waals surface area contributed by atoms with Crippen molar-refractivity contribution in [2.75, 3.05) is 6.61 Å². The van der Waals surface area contributed by atoms with E-state index in [0.29, 0.717) is 0 Å². The third-order valence-electron chi connectivity index (χ3n) is 6.04. The number of aliphatic carboxylic acids is 1. The van der Waals surface area contributed by atoms with Crippen molar-refractivity contribution >= 4 is 28.0 Å². The standard InChI is InChI=1S/C26H24BrNO4/c1-26(2,24(29)30)28(15-17-9-3-8-14-23(17)27)25(31)32-16-22-20-12-6-4-10-18(20)19-11-5-7-13-21(19)22/h3-14,22H,15-16H2,1-2H3,(H,29,30). The van der Waals surface area contributed by atoms with Crippen molar-refractivity contribution in [1.29, 1.82) is 0 Å². The molecule has 32 heavy (non-hydrogen) atoms. The van der Waals surface area contributed by atoms with Crippen LogP contribution in [0.4, 0.5) is 4.79 Å². The predicted molar refractivity (Wildman–Crippen MR) is 126 cm³/mol. The summed E-state index contributed by atoms with van der Waals surface area (Å²) in [5, 5.41) is 9.79. The Morgan fingerprint density at radius 1 is 0.938 bits per heavy atom. The summed E-state index contributed by atoms with van der Waals surface area (Å²) in [4.78, 5) is 26.5. The molecule has 164 valence electrons. The summed E-state index contributed by atoms with van der Waals surface area (Å²) in [6, 6.07) is 23.6. The van der Waals surface area contributed by atoms with Gasteiger partial charge in [-0.2, -0.15) is 0 Å². The number of ether oxygens (including phenoxy) is 1. The van der Waals surface area contributed by atoms with Crippen molar-refractivity contribution in [3.05, 3.63) is 94.0 Å². The summed E-state index contributed by atoms with van der Waals surface area (Å²) < 4.78 is 6.56. The van der Waals surface area contributed by atoms with Crippen LogP contribution in [-0.2, 0) is 16.1 Å². The summed E-state index contributed by atoms with van der Waals surface area (Å²) in [6.07, 6.45) is -0.657. The lowest BCUT2D eigenvalue weighted by Gasteiger charge is -2.34. The second-order valence-corrected chi connectivity index (χ2v) is 9.20. The van der Waals surface area contributed by atoms with Crippen molar-refractivity contribution < 1.29 is 19.4 Å². The van der Waals surface area contributed by atoms with E-state index in [-0.39, 0.29) is 19.1 Å². The molecule has 1 amide bonds. The SMILES string of the molecule is CC(C)(C(=O)O)N(Cc1ccccc1Br)C(=O)OCC1c2ccccc2-c2ccccc21. The van der Waals surface area contributed by atoms with Gasteiger partial charge in [0.1, 0.15) is 12.1 Å². The first-order chi connectivity index (χ1) is 15.3. The summed E-state index contributed by atoms with van der Waals surface area (Å²) >= 11 is 3.48. The van der Waals surface area contributed by atoms with Gasteiger partial charge in [0.2, 0.25) is 0 Å². The lowest BCUT2D eigenvalue weighted by atomic mass is 9.98. The van der Waals surface area contributed by atoms with Crippen molar-refractivity contribution in [1.82, 2.24) is 4.90 Å². The Balaban J connectivity index is 1.59. The van der Waals surface area contributed by atoms with E-state index in [1.807, 2.05) is 60.7 Å². The molecule has 6 heteroatoms. The van der Waals surface area contributed by atoms with Crippen LogP contribution < -0.4 is 0 Å². The number of carbonyl (C=O) groups excluding carboxylic acids is 1. The van der Waals surface area contributed by atoms with E-state index in [0.717, 1.165) is 32.3 Å². The Bertz CT molecular complexity index is 1130. The number of carboxylic acids is 1. The molecular formula is C26H24BrNO4. The van der Waals surface area contributed by atoms with Gasteiger partial charge in [-0.05, 0) is 47.7 Å². The Morgan fingerprint density at radius 3 is 2.03 bits per heavy atom. The van der Waals surface area contributed by atoms with Crippen LogP contribution in [0.1, 0.15) is 36.5 Å². The zero-order valence-corrected chi connectivity index (χ0v) is 19.5. The quantitative estimate of drug-likeness (QED) is 0.452. The average molecular weight is 494 g/mol. The lowest BCUT2D eigenvalue weighted by Crippen LogP contribution is -2.52. The van der Waals surface area contributed by atoms with Crippen LogP contribution in [0.2, 0.25) is 0 Å². The molecule has 0 bridgehead atoms. The molecule has 0 spiro atoms. The van der Waals surface area contributed by atoms with Crippen molar-refractivity contribution in [2.24, 2.45) is 0 Å². The summed E-state index contributed by atoms with van der Waals surface area (Å²) in [5.74, 6) is -1.19. The van der Waals surface area contributed by atoms with Crippen LogP contribution in [0.5, 0.6) is 0 Å². The lowest BCUT2D eigenvalue weighted by molar-refractivity contribution is -0.148. The van der Waals surface area contributed by atoms with E-state index in [4.69, 9.17) is 4.74 Å². The number of carbonyl (C=O) groups is 2. The van der Waals surface area contributed by atoms with Crippen LogP contribution >= 0.6 is 15.9 Å². The molecule has 0 unspecified atom stereocenters. The fourth-order valence-electron chi connectivity index (χ4n) is 4.07. The number of carboxylic acid groups (broad SMARTS) is 1. The molecule has 3 aromatic carbocycles. The molecule has 0 aliphatic heterocycles. The van der Waals surface area contributed by atoms with E-state index in [9.17, 15) is 14.7 Å². The zero-order chi connectivity index (χ0) is 22.9. The van der Waals surface area contributed by atoms with E-state index in [2.05, 4.69) is 28.1 Å². The second kappa shape index (κ2) is 8.79. The topological polar surface area (TPSA) is 66.8 Å².